The van der Waals surface area contributed by atoms with Crippen LogP contribution in [0.15, 0.2) is 29.4 Å². The van der Waals surface area contributed by atoms with Crippen molar-refractivity contribution >= 4 is 34.1 Å². The molecule has 0 bridgehead atoms. The zero-order chi connectivity index (χ0) is 13.7. The van der Waals surface area contributed by atoms with E-state index in [2.05, 4.69) is 20.5 Å². The van der Waals surface area contributed by atoms with Gasteiger partial charge in [0.15, 0.2) is 0 Å². The van der Waals surface area contributed by atoms with Crippen LogP contribution in [-0.4, -0.2) is 26.8 Å². The number of pyridine rings is 1. The molecule has 19 heavy (non-hydrogen) atoms. The Morgan fingerprint density at radius 2 is 2.11 bits per heavy atom. The molecule has 0 aliphatic rings. The van der Waals surface area contributed by atoms with Crippen molar-refractivity contribution in [2.45, 2.75) is 24.7 Å². The number of amides is 1. The standard InChI is InChI=1S/C12H14N4OS2/c1-8(2)11-15-16-12(19-11)14-10(17)7-18-9-3-5-13-6-4-9/h3-6,8H,7H2,1-2H3,(H,14,16,17). The lowest BCUT2D eigenvalue weighted by atomic mass is 10.2. The average molecular weight is 294 g/mol. The van der Waals surface area contributed by atoms with E-state index in [4.69, 9.17) is 0 Å². The van der Waals surface area contributed by atoms with Gasteiger partial charge in [0.2, 0.25) is 11.0 Å². The van der Waals surface area contributed by atoms with E-state index in [1.165, 1.54) is 23.1 Å². The topological polar surface area (TPSA) is 67.8 Å². The highest BCUT2D eigenvalue weighted by atomic mass is 32.2. The number of nitrogens with zero attached hydrogens (tertiary/aromatic N) is 3. The molecular formula is C12H14N4OS2. The SMILES string of the molecule is CC(C)c1nnc(NC(=O)CSc2ccncc2)s1. The van der Waals surface area contributed by atoms with Gasteiger partial charge in [-0.2, -0.15) is 0 Å². The lowest BCUT2D eigenvalue weighted by Gasteiger charge is -2.01. The summed E-state index contributed by atoms with van der Waals surface area (Å²) < 4.78 is 0. The van der Waals surface area contributed by atoms with Gasteiger partial charge in [0.1, 0.15) is 5.01 Å². The van der Waals surface area contributed by atoms with Crippen molar-refractivity contribution in [3.63, 3.8) is 0 Å². The molecule has 2 aromatic heterocycles. The third-order valence-corrected chi connectivity index (χ3v) is 4.35. The molecule has 0 spiro atoms. The molecule has 0 atom stereocenters. The van der Waals surface area contributed by atoms with Crippen LogP contribution in [0.2, 0.25) is 0 Å². The minimum Gasteiger partial charge on any atom is -0.300 e. The van der Waals surface area contributed by atoms with Gasteiger partial charge >= 0.3 is 0 Å². The summed E-state index contributed by atoms with van der Waals surface area (Å²) in [5.41, 5.74) is 0. The van der Waals surface area contributed by atoms with E-state index in [1.807, 2.05) is 26.0 Å². The highest BCUT2D eigenvalue weighted by Crippen LogP contribution is 2.23. The number of carbonyl (C=O) groups is 1. The maximum Gasteiger partial charge on any atom is 0.236 e. The maximum absolute atomic E-state index is 11.8. The monoisotopic (exact) mass is 294 g/mol. The van der Waals surface area contributed by atoms with E-state index < -0.39 is 0 Å². The molecule has 0 aliphatic carbocycles. The van der Waals surface area contributed by atoms with Gasteiger partial charge in [-0.05, 0) is 12.1 Å². The van der Waals surface area contributed by atoms with Crippen LogP contribution in [0, 0.1) is 0 Å². The first kappa shape index (κ1) is 14.0. The second-order valence-electron chi connectivity index (χ2n) is 4.12. The van der Waals surface area contributed by atoms with E-state index >= 15 is 0 Å². The Balaban J connectivity index is 1.84. The molecule has 0 unspecified atom stereocenters. The fourth-order valence-electron chi connectivity index (χ4n) is 1.26. The van der Waals surface area contributed by atoms with Crippen molar-refractivity contribution in [1.29, 1.82) is 0 Å². The van der Waals surface area contributed by atoms with Crippen LogP contribution in [-0.2, 0) is 4.79 Å². The molecule has 1 N–H and O–H groups in total. The van der Waals surface area contributed by atoms with Crippen LogP contribution in [0.3, 0.4) is 0 Å². The van der Waals surface area contributed by atoms with E-state index in [9.17, 15) is 4.79 Å². The van der Waals surface area contributed by atoms with Gasteiger partial charge in [-0.15, -0.1) is 22.0 Å². The molecular weight excluding hydrogens is 280 g/mol. The summed E-state index contributed by atoms with van der Waals surface area (Å²) in [6, 6.07) is 3.75. The zero-order valence-corrected chi connectivity index (χ0v) is 12.3. The Morgan fingerprint density at radius 1 is 1.37 bits per heavy atom. The number of hydrogen-bond donors (Lipinski definition) is 1. The van der Waals surface area contributed by atoms with Crippen molar-refractivity contribution in [2.75, 3.05) is 11.1 Å². The van der Waals surface area contributed by atoms with E-state index in [0.717, 1.165) is 9.90 Å². The Kier molecular flexibility index (Phi) is 4.86. The van der Waals surface area contributed by atoms with Crippen molar-refractivity contribution in [3.8, 4) is 0 Å². The molecule has 7 heteroatoms. The number of hydrogen-bond acceptors (Lipinski definition) is 6. The second-order valence-corrected chi connectivity index (χ2v) is 6.18. The van der Waals surface area contributed by atoms with E-state index in [0.29, 0.717) is 16.8 Å². The van der Waals surface area contributed by atoms with Crippen LogP contribution in [0.1, 0.15) is 24.8 Å². The van der Waals surface area contributed by atoms with E-state index in [1.54, 1.807) is 12.4 Å². The second kappa shape index (κ2) is 6.63. The molecule has 100 valence electrons. The molecule has 2 aromatic rings. The lowest BCUT2D eigenvalue weighted by molar-refractivity contribution is -0.113. The first-order valence-electron chi connectivity index (χ1n) is 5.81. The van der Waals surface area contributed by atoms with Crippen LogP contribution >= 0.6 is 23.1 Å². The van der Waals surface area contributed by atoms with E-state index in [-0.39, 0.29) is 5.91 Å². The number of thioether (sulfide) groups is 1. The first-order chi connectivity index (χ1) is 9.15. The predicted molar refractivity (Wildman–Crippen MR) is 77.6 cm³/mol. The number of anilines is 1. The minimum atomic E-state index is -0.0757. The molecule has 2 rings (SSSR count). The first-order valence-corrected chi connectivity index (χ1v) is 7.61. The van der Waals surface area contributed by atoms with Crippen molar-refractivity contribution in [1.82, 2.24) is 15.2 Å². The summed E-state index contributed by atoms with van der Waals surface area (Å²) in [6.45, 7) is 4.09. The van der Waals surface area contributed by atoms with Gasteiger partial charge in [-0.3, -0.25) is 15.1 Å². The van der Waals surface area contributed by atoms with Crippen LogP contribution in [0.4, 0.5) is 5.13 Å². The summed E-state index contributed by atoms with van der Waals surface area (Å²) in [5, 5.41) is 12.2. The molecule has 0 aliphatic heterocycles. The molecule has 0 saturated carbocycles. The summed E-state index contributed by atoms with van der Waals surface area (Å²) in [6.07, 6.45) is 3.42. The minimum absolute atomic E-state index is 0.0757. The van der Waals surface area contributed by atoms with Crippen molar-refractivity contribution in [2.24, 2.45) is 0 Å². The van der Waals surface area contributed by atoms with Gasteiger partial charge in [0, 0.05) is 23.2 Å². The Labute approximate surface area is 119 Å². The summed E-state index contributed by atoms with van der Waals surface area (Å²) >= 11 is 2.88. The van der Waals surface area contributed by atoms with Gasteiger partial charge < -0.3 is 0 Å². The lowest BCUT2D eigenvalue weighted by Crippen LogP contribution is -2.13. The molecule has 0 radical (unpaired) electrons. The van der Waals surface area contributed by atoms with Gasteiger partial charge in [0.25, 0.3) is 0 Å². The molecule has 0 saturated heterocycles. The Morgan fingerprint density at radius 3 is 2.74 bits per heavy atom. The van der Waals surface area contributed by atoms with Crippen LogP contribution < -0.4 is 5.32 Å². The van der Waals surface area contributed by atoms with Crippen molar-refractivity contribution < 1.29 is 4.79 Å². The summed E-state index contributed by atoms with van der Waals surface area (Å²) in [7, 11) is 0. The zero-order valence-electron chi connectivity index (χ0n) is 10.7. The summed E-state index contributed by atoms with van der Waals surface area (Å²) in [4.78, 5) is 16.7. The fraction of sp³-hybridized carbons (Fsp3) is 0.333. The smallest absolute Gasteiger partial charge is 0.236 e. The molecule has 0 fully saturated rings. The van der Waals surface area contributed by atoms with Crippen LogP contribution in [0.5, 0.6) is 0 Å². The fourth-order valence-corrected chi connectivity index (χ4v) is 2.70. The predicted octanol–water partition coefficient (Wildman–Crippen LogP) is 2.79. The normalized spacial score (nSPS) is 10.7. The Hall–Kier alpha value is -1.47. The molecule has 0 aromatic carbocycles. The molecule has 2 heterocycles. The van der Waals surface area contributed by atoms with Gasteiger partial charge in [0.05, 0.1) is 5.75 Å². The summed E-state index contributed by atoms with van der Waals surface area (Å²) in [5.74, 6) is 0.600. The number of aromatic nitrogens is 3. The number of nitrogens with one attached hydrogen (secondary N) is 1. The highest BCUT2D eigenvalue weighted by molar-refractivity contribution is 8.00. The quantitative estimate of drug-likeness (QED) is 0.859. The maximum atomic E-state index is 11.8. The highest BCUT2D eigenvalue weighted by Gasteiger charge is 2.10. The molecule has 1 amide bonds. The number of rotatable bonds is 5. The van der Waals surface area contributed by atoms with Gasteiger partial charge in [-0.25, -0.2) is 0 Å². The third-order valence-electron chi connectivity index (χ3n) is 2.20. The average Bonchev–Trinajstić information content (AvgIpc) is 2.86. The van der Waals surface area contributed by atoms with Crippen molar-refractivity contribution in [3.05, 3.63) is 29.5 Å². The van der Waals surface area contributed by atoms with Crippen LogP contribution in [0.25, 0.3) is 0 Å². The number of carbonyl (C=O) groups excluding carboxylic acids is 1. The Bertz CT molecular complexity index is 542. The largest absolute Gasteiger partial charge is 0.300 e. The third kappa shape index (κ3) is 4.29. The molecule has 5 nitrogen and oxygen atoms in total. The van der Waals surface area contributed by atoms with Gasteiger partial charge in [-0.1, -0.05) is 25.2 Å².